The molecular weight excluding hydrogens is 694 g/mol. The summed E-state index contributed by atoms with van der Waals surface area (Å²) >= 11 is 12.4. The predicted molar refractivity (Wildman–Crippen MR) is 178 cm³/mol. The number of benzene rings is 2. The minimum Gasteiger partial charge on any atom is -0.444 e. The maximum absolute atomic E-state index is 14.3. The van der Waals surface area contributed by atoms with E-state index in [9.17, 15) is 36.0 Å². The second-order valence-electron chi connectivity index (χ2n) is 12.9. The number of sulfone groups is 1. The number of amides is 2. The van der Waals surface area contributed by atoms with E-state index in [0.29, 0.717) is 32.4 Å². The van der Waals surface area contributed by atoms with Crippen LogP contribution in [0, 0.1) is 5.92 Å². The molecule has 2 aromatic rings. The Hall–Kier alpha value is -2.87. The molecule has 48 heavy (non-hydrogen) atoms. The lowest BCUT2D eigenvalue weighted by molar-refractivity contribution is -0.138. The van der Waals surface area contributed by atoms with Gasteiger partial charge in [0, 0.05) is 61.2 Å². The van der Waals surface area contributed by atoms with Gasteiger partial charge < -0.3 is 15.0 Å². The molecule has 266 valence electrons. The third-order valence-electron chi connectivity index (χ3n) is 7.90. The van der Waals surface area contributed by atoms with Gasteiger partial charge in [-0.15, -0.1) is 0 Å². The van der Waals surface area contributed by atoms with E-state index in [1.165, 1.54) is 30.0 Å². The quantitative estimate of drug-likeness (QED) is 0.246. The van der Waals surface area contributed by atoms with Crippen LogP contribution in [0.1, 0.15) is 80.4 Å². The average Bonchev–Trinajstić information content (AvgIpc) is 2.99. The number of ketones is 1. The number of ether oxygens (including phenoxy) is 1. The standard InChI is InChI=1S/C33H42Cl2F3N3O6S/c1-6-48(45,46)29-12-11-24(34)15-23(29)18-39-30(43)22-16-26(33(36,37)38)25(27(35)17-22)20-41-14-7-9-21(19-41)28(42)10-8-13-40(5)31(44)47-32(2,3)4/h11-12,15-17,21H,6-10,13-14,18-20H2,1-5H3,(H,39,43)/t21-/m0/s1. The van der Waals surface area contributed by atoms with Crippen LogP contribution in [-0.2, 0) is 38.6 Å². The molecular formula is C33H42Cl2F3N3O6S. The van der Waals surface area contributed by atoms with Crippen LogP contribution in [0.4, 0.5) is 18.0 Å². The van der Waals surface area contributed by atoms with Crippen LogP contribution in [0.5, 0.6) is 0 Å². The van der Waals surface area contributed by atoms with E-state index in [1.807, 2.05) is 0 Å². The fourth-order valence-electron chi connectivity index (χ4n) is 5.42. The summed E-state index contributed by atoms with van der Waals surface area (Å²) in [5.74, 6) is -1.48. The van der Waals surface area contributed by atoms with Crippen molar-refractivity contribution in [3.8, 4) is 0 Å². The molecule has 1 heterocycles. The summed E-state index contributed by atoms with van der Waals surface area (Å²) in [7, 11) is -2.07. The lowest BCUT2D eigenvalue weighted by Crippen LogP contribution is -2.39. The van der Waals surface area contributed by atoms with Crippen LogP contribution in [0.25, 0.3) is 0 Å². The molecule has 0 unspecified atom stereocenters. The van der Waals surface area contributed by atoms with E-state index < -0.39 is 39.2 Å². The van der Waals surface area contributed by atoms with Gasteiger partial charge in [0.05, 0.1) is 16.2 Å². The van der Waals surface area contributed by atoms with E-state index >= 15 is 0 Å². The number of nitrogens with zero attached hydrogens (tertiary/aromatic N) is 2. The Morgan fingerprint density at radius 2 is 1.79 bits per heavy atom. The molecule has 2 amide bonds. The minimum atomic E-state index is -4.84. The summed E-state index contributed by atoms with van der Waals surface area (Å²) < 4.78 is 73.3. The highest BCUT2D eigenvalue weighted by molar-refractivity contribution is 7.91. The van der Waals surface area contributed by atoms with Crippen molar-refractivity contribution in [1.29, 1.82) is 0 Å². The number of piperidine rings is 1. The summed E-state index contributed by atoms with van der Waals surface area (Å²) in [4.78, 5) is 41.3. The number of halogens is 5. The van der Waals surface area contributed by atoms with Gasteiger partial charge in [-0.25, -0.2) is 13.2 Å². The second-order valence-corrected chi connectivity index (χ2v) is 16.0. The van der Waals surface area contributed by atoms with E-state index in [2.05, 4.69) is 5.32 Å². The zero-order valence-electron chi connectivity index (χ0n) is 27.7. The fourth-order valence-corrected chi connectivity index (χ4v) is 7.01. The number of hydrogen-bond donors (Lipinski definition) is 1. The summed E-state index contributed by atoms with van der Waals surface area (Å²) in [5.41, 5.74) is -2.07. The number of nitrogens with one attached hydrogen (secondary N) is 1. The van der Waals surface area contributed by atoms with Crippen molar-refractivity contribution in [2.45, 2.75) is 83.1 Å². The molecule has 0 aliphatic carbocycles. The SMILES string of the molecule is CCS(=O)(=O)c1ccc(Cl)cc1CNC(=O)c1cc(Cl)c(CN2CCC[C@H](C(=O)CCCN(C)C(=O)OC(C)(C)C)C2)c(C(F)(F)F)c1. The Morgan fingerprint density at radius 1 is 1.10 bits per heavy atom. The molecule has 1 N–H and O–H groups in total. The van der Waals surface area contributed by atoms with Gasteiger partial charge in [0.2, 0.25) is 0 Å². The first kappa shape index (κ1) is 39.6. The maximum Gasteiger partial charge on any atom is 0.416 e. The summed E-state index contributed by atoms with van der Waals surface area (Å²) in [5, 5.41) is 2.45. The molecule has 0 radical (unpaired) electrons. The van der Waals surface area contributed by atoms with Crippen molar-refractivity contribution in [3.05, 3.63) is 62.6 Å². The number of likely N-dealkylation sites (tertiary alicyclic amines) is 1. The highest BCUT2D eigenvalue weighted by Crippen LogP contribution is 2.37. The smallest absolute Gasteiger partial charge is 0.416 e. The van der Waals surface area contributed by atoms with E-state index in [-0.39, 0.29) is 75.1 Å². The Bertz CT molecular complexity index is 1610. The number of alkyl halides is 3. The van der Waals surface area contributed by atoms with Crippen LogP contribution in [0.15, 0.2) is 35.2 Å². The molecule has 1 aliphatic heterocycles. The largest absolute Gasteiger partial charge is 0.444 e. The Labute approximate surface area is 290 Å². The lowest BCUT2D eigenvalue weighted by Gasteiger charge is -2.33. The van der Waals surface area contributed by atoms with Gasteiger partial charge in [-0.3, -0.25) is 14.5 Å². The monoisotopic (exact) mass is 735 g/mol. The number of hydrogen-bond acceptors (Lipinski definition) is 7. The molecule has 1 fully saturated rings. The first-order valence-electron chi connectivity index (χ1n) is 15.6. The zero-order valence-corrected chi connectivity index (χ0v) is 30.0. The first-order valence-corrected chi connectivity index (χ1v) is 18.0. The third-order valence-corrected chi connectivity index (χ3v) is 10.3. The summed E-state index contributed by atoms with van der Waals surface area (Å²) in [6, 6.07) is 5.97. The van der Waals surface area contributed by atoms with E-state index in [0.717, 1.165) is 12.1 Å². The highest BCUT2D eigenvalue weighted by Gasteiger charge is 2.37. The van der Waals surface area contributed by atoms with Crippen molar-refractivity contribution in [3.63, 3.8) is 0 Å². The topological polar surface area (TPSA) is 113 Å². The van der Waals surface area contributed by atoms with Crippen LogP contribution in [-0.4, -0.2) is 74.0 Å². The highest BCUT2D eigenvalue weighted by atomic mass is 35.5. The molecule has 0 aromatic heterocycles. The number of rotatable bonds is 12. The van der Waals surface area contributed by atoms with Crippen LogP contribution < -0.4 is 5.32 Å². The Kier molecular flexibility index (Phi) is 13.4. The predicted octanol–water partition coefficient (Wildman–Crippen LogP) is 7.16. The molecule has 0 saturated carbocycles. The van der Waals surface area contributed by atoms with Crippen LogP contribution in [0.3, 0.4) is 0 Å². The van der Waals surface area contributed by atoms with Gasteiger partial charge in [0.25, 0.3) is 5.91 Å². The van der Waals surface area contributed by atoms with Gasteiger partial charge in [-0.2, -0.15) is 13.2 Å². The molecule has 1 aliphatic rings. The van der Waals surface area contributed by atoms with Gasteiger partial charge in [0.15, 0.2) is 9.84 Å². The number of carbonyl (C=O) groups is 3. The average molecular weight is 737 g/mol. The summed E-state index contributed by atoms with van der Waals surface area (Å²) in [6.45, 7) is 7.30. The van der Waals surface area contributed by atoms with Crippen LogP contribution in [0.2, 0.25) is 10.0 Å². The van der Waals surface area contributed by atoms with Crippen molar-refractivity contribution in [1.82, 2.24) is 15.1 Å². The number of carbonyl (C=O) groups excluding carboxylic acids is 3. The molecule has 9 nitrogen and oxygen atoms in total. The van der Waals surface area contributed by atoms with E-state index in [4.69, 9.17) is 27.9 Å². The third kappa shape index (κ3) is 11.1. The molecule has 1 atom stereocenters. The van der Waals surface area contributed by atoms with Crippen molar-refractivity contribution in [2.75, 3.05) is 32.4 Å². The molecule has 15 heteroatoms. The molecule has 0 spiro atoms. The molecule has 2 aromatic carbocycles. The molecule has 3 rings (SSSR count). The molecule has 1 saturated heterocycles. The lowest BCUT2D eigenvalue weighted by atomic mass is 9.91. The van der Waals surface area contributed by atoms with Gasteiger partial charge in [0.1, 0.15) is 11.4 Å². The Morgan fingerprint density at radius 3 is 2.42 bits per heavy atom. The van der Waals surface area contributed by atoms with Crippen molar-refractivity contribution in [2.24, 2.45) is 5.92 Å². The second kappa shape index (κ2) is 16.2. The van der Waals surface area contributed by atoms with Crippen molar-refractivity contribution >= 4 is 50.8 Å². The van der Waals surface area contributed by atoms with Gasteiger partial charge in [-0.1, -0.05) is 30.1 Å². The number of Topliss-reactive ketones (excluding diaryl/α,β-unsaturated/α-hetero) is 1. The first-order chi connectivity index (χ1) is 22.2. The van der Waals surface area contributed by atoms with Crippen molar-refractivity contribution < 1.29 is 40.7 Å². The van der Waals surface area contributed by atoms with E-state index in [1.54, 1.807) is 32.7 Å². The fraction of sp³-hybridized carbons (Fsp3) is 0.545. The van der Waals surface area contributed by atoms with Gasteiger partial charge in [-0.05, 0) is 88.0 Å². The normalized spacial score (nSPS) is 16.0. The van der Waals surface area contributed by atoms with Gasteiger partial charge >= 0.3 is 12.3 Å². The minimum absolute atomic E-state index is 0.0268. The summed E-state index contributed by atoms with van der Waals surface area (Å²) in [6.07, 6.45) is -3.49. The van der Waals surface area contributed by atoms with Crippen LogP contribution >= 0.6 is 23.2 Å². The maximum atomic E-state index is 14.3. The Balaban J connectivity index is 1.70. The molecule has 0 bridgehead atoms. The zero-order chi connectivity index (χ0) is 36.0.